The minimum absolute atomic E-state index is 0.0871. The topological polar surface area (TPSA) is 49.4 Å². The first-order chi connectivity index (χ1) is 8.14. The third-order valence-electron chi connectivity index (χ3n) is 2.37. The zero-order valence-electron chi connectivity index (χ0n) is 11.4. The van der Waals surface area contributed by atoms with Gasteiger partial charge in [-0.05, 0) is 6.42 Å². The molecule has 6 heteroatoms. The molecular weight excluding hydrogens is 242 g/mol. The molecule has 0 atom stereocenters. The molecule has 18 heavy (non-hydrogen) atoms. The zero-order chi connectivity index (χ0) is 14.3. The number of rotatable bonds is 6. The number of nitrogens with one attached hydrogen (secondary N) is 1. The van der Waals surface area contributed by atoms with E-state index in [1.54, 1.807) is 20.8 Å². The molecule has 0 unspecified atom stereocenters. The smallest absolute Gasteiger partial charge is 0.255 e. The van der Waals surface area contributed by atoms with Crippen molar-refractivity contribution in [3.8, 4) is 0 Å². The molecule has 0 aliphatic heterocycles. The molecule has 4 nitrogen and oxygen atoms in total. The maximum atomic E-state index is 12.0. The van der Waals surface area contributed by atoms with E-state index in [2.05, 4.69) is 5.32 Å². The van der Waals surface area contributed by atoms with Crippen molar-refractivity contribution in [2.45, 2.75) is 40.0 Å². The van der Waals surface area contributed by atoms with Crippen molar-refractivity contribution in [2.24, 2.45) is 5.41 Å². The van der Waals surface area contributed by atoms with Gasteiger partial charge in [0.05, 0.1) is 6.54 Å². The summed E-state index contributed by atoms with van der Waals surface area (Å²) in [6.07, 6.45) is -1.90. The maximum absolute atomic E-state index is 12.0. The Morgan fingerprint density at radius 3 is 2.28 bits per heavy atom. The van der Waals surface area contributed by atoms with E-state index in [9.17, 15) is 18.4 Å². The van der Waals surface area contributed by atoms with Crippen LogP contribution in [-0.4, -0.2) is 43.3 Å². The fourth-order valence-electron chi connectivity index (χ4n) is 1.21. The number of nitrogens with zero attached hydrogens (tertiary/aromatic N) is 1. The summed E-state index contributed by atoms with van der Waals surface area (Å²) in [5.74, 6) is -0.420. The lowest BCUT2D eigenvalue weighted by molar-refractivity contribution is -0.132. The van der Waals surface area contributed by atoms with Gasteiger partial charge in [-0.3, -0.25) is 9.59 Å². The van der Waals surface area contributed by atoms with Gasteiger partial charge in [-0.25, -0.2) is 8.78 Å². The van der Waals surface area contributed by atoms with Gasteiger partial charge in [0, 0.05) is 25.4 Å². The summed E-state index contributed by atoms with van der Waals surface area (Å²) < 4.78 is 24.0. The lowest BCUT2D eigenvalue weighted by Crippen LogP contribution is -2.36. The van der Waals surface area contributed by atoms with Gasteiger partial charge in [0.1, 0.15) is 0 Å². The van der Waals surface area contributed by atoms with Crippen molar-refractivity contribution in [3.63, 3.8) is 0 Å². The molecule has 0 radical (unpaired) electrons. The van der Waals surface area contributed by atoms with E-state index in [0.717, 1.165) is 4.90 Å². The van der Waals surface area contributed by atoms with Gasteiger partial charge < -0.3 is 10.2 Å². The van der Waals surface area contributed by atoms with Gasteiger partial charge in [0.15, 0.2) is 0 Å². The summed E-state index contributed by atoms with van der Waals surface area (Å²) in [6.45, 7) is 5.22. The molecule has 0 bridgehead atoms. The average Bonchev–Trinajstić information content (AvgIpc) is 2.21. The molecule has 0 fully saturated rings. The fraction of sp³-hybridized carbons (Fsp3) is 0.833. The van der Waals surface area contributed by atoms with Crippen LogP contribution in [0.3, 0.4) is 0 Å². The van der Waals surface area contributed by atoms with E-state index < -0.39 is 18.4 Å². The molecule has 0 aromatic heterocycles. The van der Waals surface area contributed by atoms with Crippen molar-refractivity contribution >= 4 is 11.8 Å². The Hall–Kier alpha value is -1.20. The predicted octanol–water partition coefficient (Wildman–Crippen LogP) is 1.65. The molecule has 0 rings (SSSR count). The van der Waals surface area contributed by atoms with Crippen LogP contribution in [-0.2, 0) is 9.59 Å². The summed E-state index contributed by atoms with van der Waals surface area (Å²) in [7, 11) is 1.35. The van der Waals surface area contributed by atoms with Crippen LogP contribution in [0.25, 0.3) is 0 Å². The molecule has 106 valence electrons. The van der Waals surface area contributed by atoms with Crippen LogP contribution in [0.2, 0.25) is 0 Å². The number of amides is 2. The molecule has 0 aliphatic rings. The van der Waals surface area contributed by atoms with Gasteiger partial charge in [0.2, 0.25) is 11.8 Å². The molecule has 0 aliphatic carbocycles. The standard InChI is InChI=1S/C12H22F2N2O2/c1-12(2,3)11(18)15-7-5-6-10(17)16(4)8-9(13)14/h9H,5-8H2,1-4H3,(H,15,18). The lowest BCUT2D eigenvalue weighted by Gasteiger charge is -2.18. The van der Waals surface area contributed by atoms with Crippen molar-refractivity contribution < 1.29 is 18.4 Å². The maximum Gasteiger partial charge on any atom is 0.255 e. The van der Waals surface area contributed by atoms with E-state index in [4.69, 9.17) is 0 Å². The minimum atomic E-state index is -2.51. The van der Waals surface area contributed by atoms with Crippen LogP contribution in [0.15, 0.2) is 0 Å². The fourth-order valence-corrected chi connectivity index (χ4v) is 1.21. The second-order valence-corrected chi connectivity index (χ2v) is 5.27. The summed E-state index contributed by atoms with van der Waals surface area (Å²) in [4.78, 5) is 23.9. The number of carbonyl (C=O) groups is 2. The third kappa shape index (κ3) is 7.19. The molecule has 0 spiro atoms. The summed E-state index contributed by atoms with van der Waals surface area (Å²) in [6, 6.07) is 0. The quantitative estimate of drug-likeness (QED) is 0.742. The second-order valence-electron chi connectivity index (χ2n) is 5.27. The van der Waals surface area contributed by atoms with Crippen molar-refractivity contribution in [1.82, 2.24) is 10.2 Å². The van der Waals surface area contributed by atoms with E-state index >= 15 is 0 Å². The van der Waals surface area contributed by atoms with Gasteiger partial charge in [0.25, 0.3) is 6.43 Å². The largest absolute Gasteiger partial charge is 0.356 e. The van der Waals surface area contributed by atoms with Crippen LogP contribution in [0.5, 0.6) is 0 Å². The number of hydrogen-bond acceptors (Lipinski definition) is 2. The Balaban J connectivity index is 3.79. The molecule has 1 N–H and O–H groups in total. The third-order valence-corrected chi connectivity index (χ3v) is 2.37. The number of carbonyl (C=O) groups excluding carboxylic acids is 2. The first-order valence-electron chi connectivity index (χ1n) is 5.95. The summed E-state index contributed by atoms with van der Waals surface area (Å²) in [5, 5.41) is 2.70. The first kappa shape index (κ1) is 16.8. The Labute approximate surface area is 107 Å². The van der Waals surface area contributed by atoms with E-state index in [1.807, 2.05) is 0 Å². The molecule has 0 saturated carbocycles. The molecule has 0 saturated heterocycles. The number of hydrogen-bond donors (Lipinski definition) is 1. The Morgan fingerprint density at radius 2 is 1.83 bits per heavy atom. The highest BCUT2D eigenvalue weighted by molar-refractivity contribution is 5.81. The Kier molecular flexibility index (Phi) is 6.80. The predicted molar refractivity (Wildman–Crippen MR) is 65.3 cm³/mol. The number of halogens is 2. The van der Waals surface area contributed by atoms with Crippen molar-refractivity contribution in [1.29, 1.82) is 0 Å². The van der Waals surface area contributed by atoms with Gasteiger partial charge in [-0.15, -0.1) is 0 Å². The Morgan fingerprint density at radius 1 is 1.28 bits per heavy atom. The van der Waals surface area contributed by atoms with Crippen molar-refractivity contribution in [2.75, 3.05) is 20.1 Å². The first-order valence-corrected chi connectivity index (χ1v) is 5.95. The highest BCUT2D eigenvalue weighted by Crippen LogP contribution is 2.12. The zero-order valence-corrected chi connectivity index (χ0v) is 11.4. The van der Waals surface area contributed by atoms with Gasteiger partial charge in [-0.2, -0.15) is 0 Å². The monoisotopic (exact) mass is 264 g/mol. The Bertz CT molecular complexity index is 288. The van der Waals surface area contributed by atoms with Crippen LogP contribution < -0.4 is 5.32 Å². The van der Waals surface area contributed by atoms with Gasteiger partial charge >= 0.3 is 0 Å². The normalized spacial score (nSPS) is 11.5. The molecule has 0 aromatic rings. The molecule has 0 heterocycles. The molecule has 2 amide bonds. The highest BCUT2D eigenvalue weighted by Gasteiger charge is 2.20. The van der Waals surface area contributed by atoms with Crippen LogP contribution in [0.4, 0.5) is 8.78 Å². The highest BCUT2D eigenvalue weighted by atomic mass is 19.3. The molecular formula is C12H22F2N2O2. The minimum Gasteiger partial charge on any atom is -0.356 e. The van der Waals surface area contributed by atoms with E-state index in [-0.39, 0.29) is 18.2 Å². The van der Waals surface area contributed by atoms with Gasteiger partial charge in [-0.1, -0.05) is 20.8 Å². The number of alkyl halides is 2. The van der Waals surface area contributed by atoms with Crippen LogP contribution in [0.1, 0.15) is 33.6 Å². The van der Waals surface area contributed by atoms with E-state index in [0.29, 0.717) is 13.0 Å². The van der Waals surface area contributed by atoms with E-state index in [1.165, 1.54) is 7.05 Å². The average molecular weight is 264 g/mol. The van der Waals surface area contributed by atoms with Crippen molar-refractivity contribution in [3.05, 3.63) is 0 Å². The summed E-state index contributed by atoms with van der Waals surface area (Å²) >= 11 is 0. The van der Waals surface area contributed by atoms with Crippen LogP contribution >= 0.6 is 0 Å². The SMILES string of the molecule is CN(CC(F)F)C(=O)CCCNC(=O)C(C)(C)C. The summed E-state index contributed by atoms with van der Waals surface area (Å²) in [5.41, 5.74) is -0.462. The second kappa shape index (κ2) is 7.28. The molecule has 0 aromatic carbocycles. The van der Waals surface area contributed by atoms with Crippen LogP contribution in [0, 0.1) is 5.41 Å². The lowest BCUT2D eigenvalue weighted by atomic mass is 9.96.